The fraction of sp³-hybridized carbons (Fsp3) is 0.536. The van der Waals surface area contributed by atoms with Gasteiger partial charge in [-0.2, -0.15) is 0 Å². The molecule has 0 N–H and O–H groups in total. The predicted molar refractivity (Wildman–Crippen MR) is 132 cm³/mol. The van der Waals surface area contributed by atoms with Gasteiger partial charge in [0.1, 0.15) is 12.4 Å². The van der Waals surface area contributed by atoms with Crippen LogP contribution < -0.4 is 4.74 Å². The van der Waals surface area contributed by atoms with Crippen molar-refractivity contribution in [1.82, 2.24) is 9.80 Å². The van der Waals surface area contributed by atoms with Gasteiger partial charge in [0.05, 0.1) is 12.1 Å². The average Bonchev–Trinajstić information content (AvgIpc) is 2.86. The lowest BCUT2D eigenvalue weighted by Crippen LogP contribution is -2.51. The minimum absolute atomic E-state index is 0.104. The number of carbonyl (C=O) groups is 1. The molecule has 2 atom stereocenters. The van der Waals surface area contributed by atoms with Gasteiger partial charge in [-0.05, 0) is 75.4 Å². The summed E-state index contributed by atoms with van der Waals surface area (Å²) < 4.78 is 11.9. The number of hydrogen-bond acceptors (Lipinski definition) is 4. The summed E-state index contributed by atoms with van der Waals surface area (Å²) in [5, 5.41) is 0. The van der Waals surface area contributed by atoms with E-state index < -0.39 is 0 Å². The molecule has 0 unspecified atom stereocenters. The standard InChI is InChI=1S/C28H38N2O3/c1-32-27-16-9-19-30-26(27)15-5-6-17-29(18-8-12-23-10-3-2-4-11-23)20-21-33-25-14-7-13-24(22-25)28(30)31/h2-4,7,10-11,13-14,22,26-27H,5-6,8-9,12,15-21H2,1H3/t26-,27-/m1/s1. The lowest BCUT2D eigenvalue weighted by atomic mass is 9.93. The lowest BCUT2D eigenvalue weighted by Gasteiger charge is -2.41. The summed E-state index contributed by atoms with van der Waals surface area (Å²) in [7, 11) is 1.78. The number of piperidine rings is 1. The second-order valence-corrected chi connectivity index (χ2v) is 9.29. The van der Waals surface area contributed by atoms with Crippen LogP contribution in [-0.4, -0.2) is 67.7 Å². The van der Waals surface area contributed by atoms with E-state index in [1.54, 1.807) is 7.11 Å². The number of aryl methyl sites for hydroxylation is 1. The number of amides is 1. The van der Waals surface area contributed by atoms with Gasteiger partial charge >= 0.3 is 0 Å². The lowest BCUT2D eigenvalue weighted by molar-refractivity contribution is -0.0156. The van der Waals surface area contributed by atoms with Crippen molar-refractivity contribution in [3.05, 3.63) is 65.7 Å². The van der Waals surface area contributed by atoms with Gasteiger partial charge in [-0.1, -0.05) is 42.8 Å². The summed E-state index contributed by atoms with van der Waals surface area (Å²) in [5.41, 5.74) is 2.12. The third-order valence-electron chi connectivity index (χ3n) is 7.04. The molecule has 0 saturated carbocycles. The third-order valence-corrected chi connectivity index (χ3v) is 7.04. The van der Waals surface area contributed by atoms with Gasteiger partial charge in [-0.3, -0.25) is 9.69 Å². The summed E-state index contributed by atoms with van der Waals surface area (Å²) in [6, 6.07) is 18.6. The minimum Gasteiger partial charge on any atom is -0.492 e. The van der Waals surface area contributed by atoms with Crippen molar-refractivity contribution in [3.8, 4) is 5.75 Å². The van der Waals surface area contributed by atoms with Gasteiger partial charge in [0.25, 0.3) is 5.91 Å². The molecule has 2 bridgehead atoms. The van der Waals surface area contributed by atoms with E-state index in [0.29, 0.717) is 12.2 Å². The maximum absolute atomic E-state index is 13.4. The highest BCUT2D eigenvalue weighted by Gasteiger charge is 2.34. The molecule has 0 aromatic heterocycles. The van der Waals surface area contributed by atoms with E-state index in [4.69, 9.17) is 9.47 Å². The van der Waals surface area contributed by atoms with Crippen LogP contribution in [0, 0.1) is 0 Å². The molecular formula is C28H38N2O3. The maximum Gasteiger partial charge on any atom is 0.254 e. The minimum atomic E-state index is 0.104. The molecule has 33 heavy (non-hydrogen) atoms. The molecular weight excluding hydrogens is 412 g/mol. The summed E-state index contributed by atoms with van der Waals surface area (Å²) in [6.45, 7) is 4.49. The van der Waals surface area contributed by atoms with Crippen LogP contribution in [0.25, 0.3) is 0 Å². The van der Waals surface area contributed by atoms with Crippen LogP contribution in [0.2, 0.25) is 0 Å². The van der Waals surface area contributed by atoms with Crippen molar-refractivity contribution in [2.75, 3.05) is 39.9 Å². The fourth-order valence-corrected chi connectivity index (χ4v) is 5.24. The summed E-state index contributed by atoms with van der Waals surface area (Å²) in [6.07, 6.45) is 7.63. The van der Waals surface area contributed by atoms with Crippen molar-refractivity contribution < 1.29 is 14.3 Å². The van der Waals surface area contributed by atoms with Gasteiger partial charge in [-0.15, -0.1) is 0 Å². The highest BCUT2D eigenvalue weighted by Crippen LogP contribution is 2.27. The van der Waals surface area contributed by atoms with Crippen molar-refractivity contribution in [2.24, 2.45) is 0 Å². The van der Waals surface area contributed by atoms with E-state index in [0.717, 1.165) is 76.9 Å². The molecule has 2 aromatic rings. The molecule has 5 heteroatoms. The van der Waals surface area contributed by atoms with Crippen molar-refractivity contribution in [2.45, 2.75) is 57.1 Å². The topological polar surface area (TPSA) is 42.0 Å². The number of methoxy groups -OCH3 is 1. The zero-order valence-electron chi connectivity index (χ0n) is 20.0. The Labute approximate surface area is 198 Å². The van der Waals surface area contributed by atoms with Gasteiger partial charge in [0, 0.05) is 25.8 Å². The molecule has 4 rings (SSSR count). The molecule has 2 aliphatic rings. The third kappa shape index (κ3) is 6.58. The molecule has 2 aromatic carbocycles. The van der Waals surface area contributed by atoms with E-state index in [1.165, 1.54) is 5.56 Å². The second-order valence-electron chi connectivity index (χ2n) is 9.29. The van der Waals surface area contributed by atoms with Gasteiger partial charge in [-0.25, -0.2) is 0 Å². The van der Waals surface area contributed by atoms with E-state index in [2.05, 4.69) is 40.1 Å². The van der Waals surface area contributed by atoms with Crippen LogP contribution in [0.4, 0.5) is 0 Å². The first kappa shape index (κ1) is 23.8. The van der Waals surface area contributed by atoms with Crippen LogP contribution >= 0.6 is 0 Å². The van der Waals surface area contributed by atoms with Crippen molar-refractivity contribution in [1.29, 1.82) is 0 Å². The Morgan fingerprint density at radius 1 is 0.970 bits per heavy atom. The molecule has 2 aliphatic heterocycles. The predicted octanol–water partition coefficient (Wildman–Crippen LogP) is 4.80. The fourth-order valence-electron chi connectivity index (χ4n) is 5.24. The van der Waals surface area contributed by atoms with E-state index in [9.17, 15) is 4.79 Å². The molecule has 0 aliphatic carbocycles. The summed E-state index contributed by atoms with van der Waals surface area (Å²) >= 11 is 0. The number of ether oxygens (including phenoxy) is 2. The number of fused-ring (bicyclic) bond motifs is 3. The van der Waals surface area contributed by atoms with Gasteiger partial charge < -0.3 is 14.4 Å². The monoisotopic (exact) mass is 450 g/mol. The Morgan fingerprint density at radius 2 is 1.85 bits per heavy atom. The molecule has 178 valence electrons. The smallest absolute Gasteiger partial charge is 0.254 e. The Bertz CT molecular complexity index is 872. The molecule has 1 saturated heterocycles. The van der Waals surface area contributed by atoms with E-state index in [1.807, 2.05) is 24.3 Å². The number of rotatable bonds is 5. The first-order valence-electron chi connectivity index (χ1n) is 12.6. The Hall–Kier alpha value is -2.37. The number of benzene rings is 2. The van der Waals surface area contributed by atoms with Gasteiger partial charge in [0.2, 0.25) is 0 Å². The van der Waals surface area contributed by atoms with E-state index >= 15 is 0 Å². The van der Waals surface area contributed by atoms with Crippen LogP contribution in [0.3, 0.4) is 0 Å². The number of hydrogen-bond donors (Lipinski definition) is 0. The van der Waals surface area contributed by atoms with Crippen LogP contribution in [0.5, 0.6) is 5.75 Å². The highest BCUT2D eigenvalue weighted by atomic mass is 16.5. The second kappa shape index (κ2) is 12.2. The first-order chi connectivity index (χ1) is 16.2. The normalized spacial score (nSPS) is 22.8. The SMILES string of the molecule is CO[C@@H]1CCCN2C(=O)c3cccc(c3)OCCN(CCCc3ccccc3)CCCC[C@H]12. The van der Waals surface area contributed by atoms with Crippen LogP contribution in [0.1, 0.15) is 54.4 Å². The average molecular weight is 451 g/mol. The summed E-state index contributed by atoms with van der Waals surface area (Å²) in [5.74, 6) is 0.880. The zero-order chi connectivity index (χ0) is 22.9. The summed E-state index contributed by atoms with van der Waals surface area (Å²) in [4.78, 5) is 18.0. The molecule has 5 nitrogen and oxygen atoms in total. The zero-order valence-corrected chi connectivity index (χ0v) is 20.0. The van der Waals surface area contributed by atoms with Crippen molar-refractivity contribution >= 4 is 5.91 Å². The Kier molecular flexibility index (Phi) is 8.79. The maximum atomic E-state index is 13.4. The Morgan fingerprint density at radius 3 is 2.70 bits per heavy atom. The molecule has 0 spiro atoms. The molecule has 1 fully saturated rings. The molecule has 2 heterocycles. The largest absolute Gasteiger partial charge is 0.492 e. The Balaban J connectivity index is 1.44. The van der Waals surface area contributed by atoms with Crippen LogP contribution in [0.15, 0.2) is 54.6 Å². The number of carbonyl (C=O) groups excluding carboxylic acids is 1. The van der Waals surface area contributed by atoms with E-state index in [-0.39, 0.29) is 18.1 Å². The van der Waals surface area contributed by atoms with Gasteiger partial charge in [0.15, 0.2) is 0 Å². The number of nitrogens with zero attached hydrogens (tertiary/aromatic N) is 2. The quantitative estimate of drug-likeness (QED) is 0.656. The molecule has 1 amide bonds. The van der Waals surface area contributed by atoms with Crippen molar-refractivity contribution in [3.63, 3.8) is 0 Å². The van der Waals surface area contributed by atoms with Crippen LogP contribution in [-0.2, 0) is 11.2 Å². The highest BCUT2D eigenvalue weighted by molar-refractivity contribution is 5.95. The molecule has 0 radical (unpaired) electrons. The first-order valence-corrected chi connectivity index (χ1v) is 12.6.